The SMILES string of the molecule is CN1C=CC(C(C)(C)c2ccc([N+](=O)[O-])cc2Br)=CC1. The summed E-state index contributed by atoms with van der Waals surface area (Å²) in [6, 6.07) is 4.95. The molecule has 0 N–H and O–H groups in total. The van der Waals surface area contributed by atoms with Crippen molar-refractivity contribution >= 4 is 21.6 Å². The summed E-state index contributed by atoms with van der Waals surface area (Å²) < 4.78 is 0.768. The molecule has 0 spiro atoms. The maximum absolute atomic E-state index is 10.8. The molecule has 5 heteroatoms. The molecular formula is C15H17BrN2O2. The highest BCUT2D eigenvalue weighted by atomic mass is 79.9. The molecule has 0 unspecified atom stereocenters. The number of rotatable bonds is 3. The van der Waals surface area contributed by atoms with Gasteiger partial charge in [0.25, 0.3) is 5.69 Å². The van der Waals surface area contributed by atoms with Crippen LogP contribution in [-0.4, -0.2) is 23.4 Å². The smallest absolute Gasteiger partial charge is 0.270 e. The highest BCUT2D eigenvalue weighted by Crippen LogP contribution is 2.38. The van der Waals surface area contributed by atoms with Gasteiger partial charge in [-0.2, -0.15) is 0 Å². The van der Waals surface area contributed by atoms with Crippen LogP contribution in [0.25, 0.3) is 0 Å². The van der Waals surface area contributed by atoms with E-state index in [-0.39, 0.29) is 16.0 Å². The van der Waals surface area contributed by atoms with Crippen molar-refractivity contribution in [2.45, 2.75) is 19.3 Å². The molecule has 0 atom stereocenters. The molecule has 1 heterocycles. The topological polar surface area (TPSA) is 46.4 Å². The van der Waals surface area contributed by atoms with Crippen LogP contribution in [0.3, 0.4) is 0 Å². The van der Waals surface area contributed by atoms with Gasteiger partial charge in [-0.05, 0) is 23.4 Å². The fourth-order valence-electron chi connectivity index (χ4n) is 2.32. The molecule has 0 saturated carbocycles. The van der Waals surface area contributed by atoms with Crippen LogP contribution < -0.4 is 0 Å². The zero-order valence-electron chi connectivity index (χ0n) is 11.8. The Kier molecular flexibility index (Phi) is 3.99. The second-order valence-corrected chi connectivity index (χ2v) is 6.32. The van der Waals surface area contributed by atoms with Gasteiger partial charge in [0.1, 0.15) is 0 Å². The van der Waals surface area contributed by atoms with E-state index in [0.717, 1.165) is 16.6 Å². The lowest BCUT2D eigenvalue weighted by molar-refractivity contribution is -0.384. The lowest BCUT2D eigenvalue weighted by Gasteiger charge is -2.31. The largest absolute Gasteiger partial charge is 0.377 e. The van der Waals surface area contributed by atoms with Gasteiger partial charge in [-0.3, -0.25) is 10.1 Å². The van der Waals surface area contributed by atoms with Gasteiger partial charge < -0.3 is 4.90 Å². The van der Waals surface area contributed by atoms with E-state index >= 15 is 0 Å². The number of nitro benzene ring substituents is 1. The van der Waals surface area contributed by atoms with Crippen molar-refractivity contribution in [3.05, 3.63) is 62.3 Å². The third-order valence-corrected chi connectivity index (χ3v) is 4.32. The van der Waals surface area contributed by atoms with Crippen molar-refractivity contribution < 1.29 is 4.92 Å². The first kappa shape index (κ1) is 14.8. The number of benzene rings is 1. The van der Waals surface area contributed by atoms with E-state index < -0.39 is 0 Å². The second kappa shape index (κ2) is 5.40. The van der Waals surface area contributed by atoms with Gasteiger partial charge in [0.2, 0.25) is 0 Å². The Morgan fingerprint density at radius 2 is 2.10 bits per heavy atom. The lowest BCUT2D eigenvalue weighted by Crippen LogP contribution is -2.24. The molecule has 0 aromatic heterocycles. The first-order valence-corrected chi connectivity index (χ1v) is 7.15. The molecule has 0 fully saturated rings. The number of hydrogen-bond donors (Lipinski definition) is 0. The zero-order valence-corrected chi connectivity index (χ0v) is 13.3. The number of halogens is 1. The van der Waals surface area contributed by atoms with Gasteiger partial charge in [0.05, 0.1) is 4.92 Å². The Hall–Kier alpha value is -1.62. The van der Waals surface area contributed by atoms with Crippen molar-refractivity contribution in [3.63, 3.8) is 0 Å². The van der Waals surface area contributed by atoms with Crippen LogP contribution in [0.4, 0.5) is 5.69 Å². The molecule has 1 aliphatic heterocycles. The molecule has 0 radical (unpaired) electrons. The molecule has 1 aliphatic rings. The third kappa shape index (κ3) is 2.77. The van der Waals surface area contributed by atoms with Gasteiger partial charge in [-0.1, -0.05) is 41.9 Å². The van der Waals surface area contributed by atoms with Crippen LogP contribution in [-0.2, 0) is 5.41 Å². The molecule has 106 valence electrons. The third-order valence-electron chi connectivity index (χ3n) is 3.67. The van der Waals surface area contributed by atoms with Gasteiger partial charge in [0.15, 0.2) is 0 Å². The van der Waals surface area contributed by atoms with E-state index in [0.29, 0.717) is 0 Å². The maximum atomic E-state index is 10.8. The summed E-state index contributed by atoms with van der Waals surface area (Å²) in [5.41, 5.74) is 2.16. The molecule has 20 heavy (non-hydrogen) atoms. The number of likely N-dealkylation sites (N-methyl/N-ethyl adjacent to an activating group) is 1. The highest BCUT2D eigenvalue weighted by Gasteiger charge is 2.28. The van der Waals surface area contributed by atoms with E-state index in [2.05, 4.69) is 53.0 Å². The summed E-state index contributed by atoms with van der Waals surface area (Å²) in [5, 5.41) is 10.8. The Morgan fingerprint density at radius 1 is 1.40 bits per heavy atom. The minimum Gasteiger partial charge on any atom is -0.377 e. The van der Waals surface area contributed by atoms with Crippen LogP contribution >= 0.6 is 15.9 Å². The van der Waals surface area contributed by atoms with Crippen molar-refractivity contribution in [2.24, 2.45) is 0 Å². The van der Waals surface area contributed by atoms with Gasteiger partial charge in [-0.15, -0.1) is 0 Å². The molecule has 0 amide bonds. The summed E-state index contributed by atoms with van der Waals surface area (Å²) in [4.78, 5) is 12.5. The van der Waals surface area contributed by atoms with Crippen molar-refractivity contribution in [2.75, 3.05) is 13.6 Å². The first-order chi connectivity index (χ1) is 9.32. The minimum atomic E-state index is -0.379. The summed E-state index contributed by atoms with van der Waals surface area (Å²) in [6.07, 6.45) is 6.33. The van der Waals surface area contributed by atoms with Crippen LogP contribution in [0.1, 0.15) is 19.4 Å². The number of allylic oxidation sites excluding steroid dienone is 2. The van der Waals surface area contributed by atoms with Crippen LogP contribution in [0.2, 0.25) is 0 Å². The average molecular weight is 337 g/mol. The molecular weight excluding hydrogens is 320 g/mol. The molecule has 0 bridgehead atoms. The Balaban J connectivity index is 2.40. The number of nitrogens with zero attached hydrogens (tertiary/aromatic N) is 2. The Labute approximate surface area is 127 Å². The van der Waals surface area contributed by atoms with E-state index in [1.165, 1.54) is 5.57 Å². The molecule has 4 nitrogen and oxygen atoms in total. The van der Waals surface area contributed by atoms with Crippen molar-refractivity contribution in [1.82, 2.24) is 4.90 Å². The fraction of sp³-hybridized carbons (Fsp3) is 0.333. The van der Waals surface area contributed by atoms with Crippen molar-refractivity contribution in [1.29, 1.82) is 0 Å². The number of hydrogen-bond acceptors (Lipinski definition) is 3. The summed E-state index contributed by atoms with van der Waals surface area (Å²) in [7, 11) is 2.03. The highest BCUT2D eigenvalue weighted by molar-refractivity contribution is 9.10. The van der Waals surface area contributed by atoms with Crippen LogP contribution in [0.5, 0.6) is 0 Å². The predicted molar refractivity (Wildman–Crippen MR) is 83.7 cm³/mol. The van der Waals surface area contributed by atoms with Crippen molar-refractivity contribution in [3.8, 4) is 0 Å². The zero-order chi connectivity index (χ0) is 14.9. The van der Waals surface area contributed by atoms with Gasteiger partial charge in [-0.25, -0.2) is 0 Å². The fourth-order valence-corrected chi connectivity index (χ4v) is 3.18. The minimum absolute atomic E-state index is 0.101. The van der Waals surface area contributed by atoms with Crippen LogP contribution in [0, 0.1) is 10.1 Å². The van der Waals surface area contributed by atoms with E-state index in [1.807, 2.05) is 13.1 Å². The Bertz CT molecular complexity index is 606. The normalized spacial score (nSPS) is 15.2. The van der Waals surface area contributed by atoms with Gasteiger partial charge in [0, 0.05) is 35.6 Å². The second-order valence-electron chi connectivity index (χ2n) is 5.46. The van der Waals surface area contributed by atoms with Gasteiger partial charge >= 0.3 is 0 Å². The molecule has 0 aliphatic carbocycles. The molecule has 2 rings (SSSR count). The number of non-ortho nitro benzene ring substituents is 1. The van der Waals surface area contributed by atoms with E-state index in [9.17, 15) is 10.1 Å². The number of nitro groups is 1. The summed E-state index contributed by atoms with van der Waals surface area (Å²) >= 11 is 3.46. The quantitative estimate of drug-likeness (QED) is 0.618. The predicted octanol–water partition coefficient (Wildman–Crippen LogP) is 4.02. The average Bonchev–Trinajstić information content (AvgIpc) is 2.38. The maximum Gasteiger partial charge on any atom is 0.270 e. The molecule has 1 aromatic carbocycles. The lowest BCUT2D eigenvalue weighted by atomic mass is 9.77. The first-order valence-electron chi connectivity index (χ1n) is 6.36. The molecule has 0 saturated heterocycles. The van der Waals surface area contributed by atoms with E-state index in [1.54, 1.807) is 12.1 Å². The van der Waals surface area contributed by atoms with Crippen LogP contribution in [0.15, 0.2) is 46.6 Å². The Morgan fingerprint density at radius 3 is 2.60 bits per heavy atom. The summed E-state index contributed by atoms with van der Waals surface area (Å²) in [6.45, 7) is 5.13. The standard InChI is InChI=1S/C15H17BrN2O2/c1-15(2,11-6-8-17(3)9-7-11)13-5-4-12(18(19)20)10-14(13)16/h4-8,10H,9H2,1-3H3. The summed E-state index contributed by atoms with van der Waals surface area (Å²) in [5.74, 6) is 0. The monoisotopic (exact) mass is 336 g/mol. The molecule has 1 aromatic rings. The van der Waals surface area contributed by atoms with E-state index in [4.69, 9.17) is 0 Å².